The molecule has 2 saturated heterocycles. The number of carbonyl (C=O) groups is 2. The third-order valence-electron chi connectivity index (χ3n) is 7.49. The molecule has 0 N–H and O–H groups in total. The highest BCUT2D eigenvalue weighted by Gasteiger charge is 2.26. The van der Waals surface area contributed by atoms with Crippen LogP contribution in [-0.2, 0) is 16.0 Å². The third-order valence-corrected chi connectivity index (χ3v) is 8.36. The van der Waals surface area contributed by atoms with Crippen molar-refractivity contribution in [3.05, 3.63) is 65.5 Å². The minimum Gasteiger partial charge on any atom is -0.455 e. The highest BCUT2D eigenvalue weighted by molar-refractivity contribution is 7.98. The van der Waals surface area contributed by atoms with Gasteiger partial charge in [-0.2, -0.15) is 0 Å². The van der Waals surface area contributed by atoms with Crippen LogP contribution in [0.3, 0.4) is 0 Å². The molecule has 11 heteroatoms. The monoisotopic (exact) mass is 580 g/mol. The largest absolute Gasteiger partial charge is 0.455 e. The third kappa shape index (κ3) is 6.83. The van der Waals surface area contributed by atoms with Crippen molar-refractivity contribution in [2.24, 2.45) is 0 Å². The maximum atomic E-state index is 14.3. The van der Waals surface area contributed by atoms with Crippen LogP contribution in [0.2, 0.25) is 0 Å². The van der Waals surface area contributed by atoms with Gasteiger partial charge in [-0.25, -0.2) is 14.4 Å². The predicted octanol–water partition coefficient (Wildman–Crippen LogP) is 4.43. The number of halogens is 1. The Balaban J connectivity index is 1.24. The first-order valence-corrected chi connectivity index (χ1v) is 15.0. The predicted molar refractivity (Wildman–Crippen MR) is 158 cm³/mol. The van der Waals surface area contributed by atoms with Crippen LogP contribution in [0.5, 0.6) is 0 Å². The first kappa shape index (κ1) is 28.9. The molecule has 218 valence electrons. The lowest BCUT2D eigenvalue weighted by molar-refractivity contribution is -0.130. The van der Waals surface area contributed by atoms with E-state index in [1.807, 2.05) is 18.2 Å². The summed E-state index contributed by atoms with van der Waals surface area (Å²) < 4.78 is 20.2. The number of anilines is 2. The lowest BCUT2D eigenvalue weighted by Crippen LogP contribution is -2.50. The van der Waals surface area contributed by atoms with Crippen LogP contribution in [0.25, 0.3) is 0 Å². The second kappa shape index (κ2) is 12.1. The van der Waals surface area contributed by atoms with Crippen LogP contribution in [0.15, 0.2) is 52.0 Å². The van der Waals surface area contributed by atoms with Gasteiger partial charge in [0, 0.05) is 70.8 Å². The van der Waals surface area contributed by atoms with E-state index in [0.717, 1.165) is 24.6 Å². The number of rotatable bonds is 6. The molecule has 2 aromatic heterocycles. The van der Waals surface area contributed by atoms with Crippen LogP contribution in [0, 0.1) is 5.82 Å². The minimum atomic E-state index is -0.199. The Bertz CT molecular complexity index is 1390. The number of carbonyl (C=O) groups excluding carboxylic acids is 2. The summed E-state index contributed by atoms with van der Waals surface area (Å²) in [5, 5.41) is 0.647. The van der Waals surface area contributed by atoms with Crippen LogP contribution in [-0.4, -0.2) is 83.9 Å². The molecule has 2 amide bonds. The van der Waals surface area contributed by atoms with Crippen LogP contribution in [0.1, 0.15) is 49.7 Å². The van der Waals surface area contributed by atoms with Crippen molar-refractivity contribution in [1.82, 2.24) is 19.8 Å². The van der Waals surface area contributed by atoms with Gasteiger partial charge in [0.15, 0.2) is 10.9 Å². The molecule has 1 aromatic carbocycles. The molecule has 0 radical (unpaired) electrons. The molecule has 0 bridgehead atoms. The summed E-state index contributed by atoms with van der Waals surface area (Å²) >= 11 is 1.47. The van der Waals surface area contributed by atoms with Crippen LogP contribution < -0.4 is 9.80 Å². The van der Waals surface area contributed by atoms with E-state index >= 15 is 0 Å². The molecule has 9 nitrogen and oxygen atoms in total. The Kier molecular flexibility index (Phi) is 8.53. The summed E-state index contributed by atoms with van der Waals surface area (Å²) in [6.07, 6.45) is 0. The summed E-state index contributed by atoms with van der Waals surface area (Å²) in [4.78, 5) is 42.0. The number of benzene rings is 1. The molecule has 2 aliphatic rings. The van der Waals surface area contributed by atoms with Gasteiger partial charge in [0.05, 0.1) is 17.1 Å². The molecule has 0 aliphatic carbocycles. The molecule has 2 aliphatic heterocycles. The van der Waals surface area contributed by atoms with Gasteiger partial charge < -0.3 is 24.0 Å². The van der Waals surface area contributed by atoms with Crippen molar-refractivity contribution in [2.45, 2.75) is 44.0 Å². The molecule has 0 unspecified atom stereocenters. The average molecular weight is 581 g/mol. The van der Waals surface area contributed by atoms with E-state index in [9.17, 15) is 14.0 Å². The summed E-state index contributed by atoms with van der Waals surface area (Å²) in [6.45, 7) is 12.8. The molecular formula is C30H37FN6O3S. The molecule has 0 spiro atoms. The van der Waals surface area contributed by atoms with E-state index in [1.165, 1.54) is 17.8 Å². The Hall–Kier alpha value is -3.60. The Labute approximate surface area is 244 Å². The Morgan fingerprint density at radius 2 is 1.56 bits per heavy atom. The number of para-hydroxylation sites is 1. The number of hydrogen-bond acceptors (Lipinski definition) is 8. The van der Waals surface area contributed by atoms with E-state index < -0.39 is 0 Å². The number of nitrogens with zero attached hydrogens (tertiary/aromatic N) is 6. The highest BCUT2D eigenvalue weighted by atomic mass is 32.2. The van der Waals surface area contributed by atoms with Crippen LogP contribution in [0.4, 0.5) is 15.9 Å². The number of furan rings is 1. The molecule has 0 saturated carbocycles. The SMILES string of the molecule is CC(=O)N1CCN(C(=O)c2ccc(CSc3nc(N4CCN(c5ccccc5F)CC4)cc(C(C)(C)C)n3)o2)CC1. The normalized spacial score (nSPS) is 16.3. The van der Waals surface area contributed by atoms with Gasteiger partial charge in [0.25, 0.3) is 5.91 Å². The van der Waals surface area contributed by atoms with E-state index in [0.29, 0.717) is 67.4 Å². The number of hydrogen-bond donors (Lipinski definition) is 0. The topological polar surface area (TPSA) is 86.0 Å². The first-order chi connectivity index (χ1) is 19.6. The van der Waals surface area contributed by atoms with E-state index in [4.69, 9.17) is 14.4 Å². The lowest BCUT2D eigenvalue weighted by atomic mass is 9.92. The van der Waals surface area contributed by atoms with Gasteiger partial charge in [-0.15, -0.1) is 0 Å². The second-order valence-corrected chi connectivity index (χ2v) is 12.4. The van der Waals surface area contributed by atoms with Crippen LogP contribution >= 0.6 is 11.8 Å². The van der Waals surface area contributed by atoms with Crippen molar-refractivity contribution in [3.63, 3.8) is 0 Å². The number of thioether (sulfide) groups is 1. The molecular weight excluding hydrogens is 543 g/mol. The fourth-order valence-corrected chi connectivity index (χ4v) is 5.74. The zero-order valence-corrected chi connectivity index (χ0v) is 24.9. The zero-order chi connectivity index (χ0) is 29.1. The standard InChI is InChI=1S/C30H37FN6O3S/c1-21(38)34-11-17-37(18-12-34)28(39)25-10-9-22(40-25)20-41-29-32-26(30(2,3)4)19-27(33-29)36-15-13-35(14-16-36)24-8-6-5-7-23(24)31/h5-10,19H,11-18,20H2,1-4H3. The summed E-state index contributed by atoms with van der Waals surface area (Å²) in [5.74, 6) is 1.99. The van der Waals surface area contributed by atoms with Crippen molar-refractivity contribution in [1.29, 1.82) is 0 Å². The molecule has 41 heavy (non-hydrogen) atoms. The maximum Gasteiger partial charge on any atom is 0.289 e. The maximum absolute atomic E-state index is 14.3. The highest BCUT2D eigenvalue weighted by Crippen LogP contribution is 2.30. The van der Waals surface area contributed by atoms with Crippen molar-refractivity contribution < 1.29 is 18.4 Å². The molecule has 2 fully saturated rings. The minimum absolute atomic E-state index is 0.0279. The van der Waals surface area contributed by atoms with Gasteiger partial charge in [-0.3, -0.25) is 9.59 Å². The van der Waals surface area contributed by atoms with Gasteiger partial charge in [-0.05, 0) is 24.3 Å². The number of piperazine rings is 2. The fourth-order valence-electron chi connectivity index (χ4n) is 4.99. The number of amides is 2. The molecule has 0 atom stereocenters. The summed E-state index contributed by atoms with van der Waals surface area (Å²) in [5.41, 5.74) is 1.41. The van der Waals surface area contributed by atoms with Gasteiger partial charge in [0.1, 0.15) is 17.4 Å². The molecule has 5 rings (SSSR count). The smallest absolute Gasteiger partial charge is 0.289 e. The Morgan fingerprint density at radius 1 is 0.902 bits per heavy atom. The van der Waals surface area contributed by atoms with E-state index in [2.05, 4.69) is 36.6 Å². The van der Waals surface area contributed by atoms with Gasteiger partial charge in [0.2, 0.25) is 5.91 Å². The number of aromatic nitrogens is 2. The fraction of sp³-hybridized carbons (Fsp3) is 0.467. The van der Waals surface area contributed by atoms with Crippen molar-refractivity contribution >= 4 is 35.1 Å². The molecule has 3 aromatic rings. The van der Waals surface area contributed by atoms with Gasteiger partial charge >= 0.3 is 0 Å². The first-order valence-electron chi connectivity index (χ1n) is 14.0. The molecule has 4 heterocycles. The van der Waals surface area contributed by atoms with Crippen molar-refractivity contribution in [3.8, 4) is 0 Å². The van der Waals surface area contributed by atoms with Gasteiger partial charge in [-0.1, -0.05) is 44.7 Å². The van der Waals surface area contributed by atoms with Crippen molar-refractivity contribution in [2.75, 3.05) is 62.2 Å². The zero-order valence-electron chi connectivity index (χ0n) is 24.1. The Morgan fingerprint density at radius 3 is 2.22 bits per heavy atom. The quantitative estimate of drug-likeness (QED) is 0.313. The average Bonchev–Trinajstić information content (AvgIpc) is 3.45. The van der Waals surface area contributed by atoms with E-state index in [-0.39, 0.29) is 23.0 Å². The van der Waals surface area contributed by atoms with E-state index in [1.54, 1.807) is 28.9 Å². The lowest BCUT2D eigenvalue weighted by Gasteiger charge is -2.37. The summed E-state index contributed by atoms with van der Waals surface area (Å²) in [7, 11) is 0. The second-order valence-electron chi connectivity index (χ2n) is 11.4. The summed E-state index contributed by atoms with van der Waals surface area (Å²) in [6, 6.07) is 12.5.